The first-order chi connectivity index (χ1) is 9.78. The number of hydrogen-bond acceptors (Lipinski definition) is 4. The van der Waals surface area contributed by atoms with Crippen molar-refractivity contribution in [1.29, 1.82) is 0 Å². The molecule has 0 amide bonds. The Morgan fingerprint density at radius 3 is 2.40 bits per heavy atom. The van der Waals surface area contributed by atoms with Gasteiger partial charge in [0.1, 0.15) is 18.1 Å². The average molecular weight is 295 g/mol. The first kappa shape index (κ1) is 15.5. The molecule has 0 heterocycles. The molecule has 0 aromatic heterocycles. The van der Waals surface area contributed by atoms with E-state index in [1.807, 2.05) is 36.0 Å². The second-order valence-electron chi connectivity index (χ2n) is 5.30. The van der Waals surface area contributed by atoms with E-state index >= 15 is 0 Å². The Balaban J connectivity index is 1.63. The van der Waals surface area contributed by atoms with Gasteiger partial charge in [-0.05, 0) is 43.4 Å². The molecule has 112 valence electrons. The highest BCUT2D eigenvalue weighted by Crippen LogP contribution is 2.39. The van der Waals surface area contributed by atoms with E-state index in [2.05, 4.69) is 11.6 Å². The number of hydrogen-bond donors (Lipinski definition) is 1. The van der Waals surface area contributed by atoms with Gasteiger partial charge < -0.3 is 14.8 Å². The minimum atomic E-state index is 0.472. The van der Waals surface area contributed by atoms with Gasteiger partial charge in [0, 0.05) is 17.8 Å². The van der Waals surface area contributed by atoms with Gasteiger partial charge in [0.25, 0.3) is 0 Å². The van der Waals surface area contributed by atoms with Gasteiger partial charge in [0.2, 0.25) is 0 Å². The van der Waals surface area contributed by atoms with Gasteiger partial charge in [0.05, 0.1) is 7.11 Å². The highest BCUT2D eigenvalue weighted by atomic mass is 32.2. The van der Waals surface area contributed by atoms with E-state index < -0.39 is 0 Å². The molecule has 1 aromatic rings. The van der Waals surface area contributed by atoms with Crippen LogP contribution in [0.4, 0.5) is 0 Å². The maximum Gasteiger partial charge on any atom is 0.119 e. The van der Waals surface area contributed by atoms with E-state index in [9.17, 15) is 0 Å². The minimum Gasteiger partial charge on any atom is -0.497 e. The van der Waals surface area contributed by atoms with Crippen LogP contribution in [0.2, 0.25) is 0 Å². The quantitative estimate of drug-likeness (QED) is 0.745. The zero-order chi connectivity index (χ0) is 14.3. The van der Waals surface area contributed by atoms with Crippen molar-refractivity contribution in [3.8, 4) is 11.5 Å². The number of benzene rings is 1. The average Bonchev–Trinajstić information content (AvgIpc) is 2.97. The molecular weight excluding hydrogens is 270 g/mol. The van der Waals surface area contributed by atoms with Crippen molar-refractivity contribution in [3.63, 3.8) is 0 Å². The van der Waals surface area contributed by atoms with Gasteiger partial charge in [-0.25, -0.2) is 0 Å². The van der Waals surface area contributed by atoms with Crippen LogP contribution in [0.15, 0.2) is 24.3 Å². The first-order valence-electron chi connectivity index (χ1n) is 7.31. The second kappa shape index (κ2) is 7.79. The smallest absolute Gasteiger partial charge is 0.119 e. The molecule has 0 aliphatic heterocycles. The molecule has 3 nitrogen and oxygen atoms in total. The first-order valence-corrected chi connectivity index (χ1v) is 8.53. The summed E-state index contributed by atoms with van der Waals surface area (Å²) in [6, 6.07) is 7.73. The van der Waals surface area contributed by atoms with E-state index in [0.29, 0.717) is 11.4 Å². The van der Waals surface area contributed by atoms with Gasteiger partial charge >= 0.3 is 0 Å². The van der Waals surface area contributed by atoms with Crippen molar-refractivity contribution < 1.29 is 9.47 Å². The topological polar surface area (TPSA) is 30.5 Å². The predicted molar refractivity (Wildman–Crippen MR) is 86.1 cm³/mol. The van der Waals surface area contributed by atoms with Gasteiger partial charge in [-0.15, -0.1) is 0 Å². The second-order valence-corrected chi connectivity index (χ2v) is 6.57. The normalized spacial score (nSPS) is 17.1. The van der Waals surface area contributed by atoms with Gasteiger partial charge in [-0.3, -0.25) is 0 Å². The van der Waals surface area contributed by atoms with E-state index in [1.54, 1.807) is 7.11 Å². The summed E-state index contributed by atoms with van der Waals surface area (Å²) in [4.78, 5) is 0. The van der Waals surface area contributed by atoms with Crippen LogP contribution in [0.1, 0.15) is 25.7 Å². The van der Waals surface area contributed by atoms with E-state index in [1.165, 1.54) is 25.7 Å². The molecule has 1 saturated carbocycles. The van der Waals surface area contributed by atoms with E-state index in [4.69, 9.17) is 9.47 Å². The lowest BCUT2D eigenvalue weighted by Gasteiger charge is -2.27. The highest BCUT2D eigenvalue weighted by molar-refractivity contribution is 8.00. The molecule has 2 rings (SSSR count). The fourth-order valence-electron chi connectivity index (χ4n) is 2.70. The van der Waals surface area contributed by atoms with Crippen molar-refractivity contribution >= 4 is 11.8 Å². The van der Waals surface area contributed by atoms with Crippen LogP contribution in [-0.4, -0.2) is 37.8 Å². The number of ether oxygens (including phenoxy) is 2. The van der Waals surface area contributed by atoms with Gasteiger partial charge in [0.15, 0.2) is 0 Å². The summed E-state index contributed by atoms with van der Waals surface area (Å²) in [5, 5.41) is 3.54. The van der Waals surface area contributed by atoms with Crippen molar-refractivity contribution in [2.75, 3.05) is 33.1 Å². The molecule has 1 aliphatic carbocycles. The molecule has 4 heteroatoms. The maximum absolute atomic E-state index is 5.71. The number of nitrogens with one attached hydrogen (secondary N) is 1. The maximum atomic E-state index is 5.71. The third-order valence-corrected chi connectivity index (χ3v) is 5.42. The Morgan fingerprint density at radius 2 is 1.80 bits per heavy atom. The molecule has 0 unspecified atom stereocenters. The summed E-state index contributed by atoms with van der Waals surface area (Å²) in [5.41, 5.74) is 0. The van der Waals surface area contributed by atoms with Crippen LogP contribution in [0.25, 0.3) is 0 Å². The Labute approximate surface area is 126 Å². The van der Waals surface area contributed by atoms with Crippen molar-refractivity contribution in [3.05, 3.63) is 24.3 Å². The van der Waals surface area contributed by atoms with Crippen molar-refractivity contribution in [2.24, 2.45) is 0 Å². The molecule has 1 aliphatic rings. The van der Waals surface area contributed by atoms with E-state index in [-0.39, 0.29) is 0 Å². The van der Waals surface area contributed by atoms with Crippen LogP contribution >= 0.6 is 11.8 Å². The molecule has 0 spiro atoms. The zero-order valence-electron chi connectivity index (χ0n) is 12.5. The third kappa shape index (κ3) is 4.32. The van der Waals surface area contributed by atoms with Gasteiger partial charge in [-0.2, -0.15) is 11.8 Å². The van der Waals surface area contributed by atoms with Crippen LogP contribution < -0.4 is 14.8 Å². The molecule has 1 fully saturated rings. The lowest BCUT2D eigenvalue weighted by molar-refractivity contribution is 0.310. The number of rotatable bonds is 8. The number of methoxy groups -OCH3 is 1. The lowest BCUT2D eigenvalue weighted by atomic mass is 10.1. The number of thioether (sulfide) groups is 1. The summed E-state index contributed by atoms with van der Waals surface area (Å²) in [7, 11) is 1.67. The molecule has 0 saturated heterocycles. The van der Waals surface area contributed by atoms with Crippen molar-refractivity contribution in [1.82, 2.24) is 5.32 Å². The summed E-state index contributed by atoms with van der Waals surface area (Å²) in [5.74, 6) is 1.76. The SMILES string of the molecule is COc1ccc(OCCNCC2(SC)CCCC2)cc1. The largest absolute Gasteiger partial charge is 0.497 e. The monoisotopic (exact) mass is 295 g/mol. The predicted octanol–water partition coefficient (Wildman–Crippen LogP) is 3.34. The Hall–Kier alpha value is -0.870. The van der Waals surface area contributed by atoms with E-state index in [0.717, 1.165) is 24.6 Å². The summed E-state index contributed by atoms with van der Waals surface area (Å²) in [6.07, 6.45) is 7.69. The van der Waals surface area contributed by atoms with Gasteiger partial charge in [-0.1, -0.05) is 12.8 Å². The van der Waals surface area contributed by atoms with Crippen molar-refractivity contribution in [2.45, 2.75) is 30.4 Å². The third-order valence-electron chi connectivity index (χ3n) is 4.00. The molecular formula is C16H25NO2S. The lowest BCUT2D eigenvalue weighted by Crippen LogP contribution is -2.36. The molecule has 1 aromatic carbocycles. The fraction of sp³-hybridized carbons (Fsp3) is 0.625. The molecule has 0 atom stereocenters. The highest BCUT2D eigenvalue weighted by Gasteiger charge is 2.32. The zero-order valence-corrected chi connectivity index (χ0v) is 13.3. The van der Waals surface area contributed by atoms with Crippen LogP contribution in [0, 0.1) is 0 Å². The van der Waals surface area contributed by atoms with Crippen LogP contribution in [0.3, 0.4) is 0 Å². The Bertz CT molecular complexity index is 388. The standard InChI is InChI=1S/C16H25NO2S/c1-18-14-5-7-15(8-6-14)19-12-11-17-13-16(20-2)9-3-4-10-16/h5-8,17H,3-4,9-13H2,1-2H3. The molecule has 1 N–H and O–H groups in total. The fourth-order valence-corrected chi connectivity index (χ4v) is 3.64. The summed E-state index contributed by atoms with van der Waals surface area (Å²) in [6.45, 7) is 2.70. The van der Waals surface area contributed by atoms with Crippen LogP contribution in [0.5, 0.6) is 11.5 Å². The summed E-state index contributed by atoms with van der Waals surface area (Å²) >= 11 is 2.02. The Kier molecular flexibility index (Phi) is 6.05. The molecule has 0 radical (unpaired) electrons. The minimum absolute atomic E-state index is 0.472. The van der Waals surface area contributed by atoms with Crippen LogP contribution in [-0.2, 0) is 0 Å². The molecule has 20 heavy (non-hydrogen) atoms. The Morgan fingerprint density at radius 1 is 1.15 bits per heavy atom. The molecule has 0 bridgehead atoms. The summed E-state index contributed by atoms with van der Waals surface area (Å²) < 4.78 is 11.3.